The average Bonchev–Trinajstić information content (AvgIpc) is 3.18. The van der Waals surface area contributed by atoms with E-state index in [1.54, 1.807) is 0 Å². The predicted octanol–water partition coefficient (Wildman–Crippen LogP) is 1.78. The Bertz CT molecular complexity index is 330. The lowest BCUT2D eigenvalue weighted by Gasteiger charge is -2.41. The van der Waals surface area contributed by atoms with E-state index in [9.17, 15) is 4.79 Å². The summed E-state index contributed by atoms with van der Waals surface area (Å²) in [6.45, 7) is 8.48. The van der Waals surface area contributed by atoms with Gasteiger partial charge in [-0.25, -0.2) is 4.79 Å². The molecule has 2 N–H and O–H groups in total. The first kappa shape index (κ1) is 14.8. The van der Waals surface area contributed by atoms with Crippen molar-refractivity contribution in [1.82, 2.24) is 4.90 Å². The number of likely N-dealkylation sites (tertiary alicyclic amines) is 1. The summed E-state index contributed by atoms with van der Waals surface area (Å²) in [4.78, 5) is 14.6. The molecule has 0 radical (unpaired) electrons. The first-order valence-electron chi connectivity index (χ1n) is 7.67. The van der Waals surface area contributed by atoms with Crippen molar-refractivity contribution in [2.45, 2.75) is 58.0 Å². The maximum absolute atomic E-state index is 12.2. The van der Waals surface area contributed by atoms with Gasteiger partial charge in [-0.1, -0.05) is 6.92 Å². The van der Waals surface area contributed by atoms with Crippen LogP contribution >= 0.6 is 0 Å². The second kappa shape index (κ2) is 5.80. The summed E-state index contributed by atoms with van der Waals surface area (Å²) in [5, 5.41) is 0. The summed E-state index contributed by atoms with van der Waals surface area (Å²) < 4.78 is 5.22. The van der Waals surface area contributed by atoms with Crippen LogP contribution in [0.25, 0.3) is 0 Å². The number of carbonyl (C=O) groups excluding carboxylic acids is 1. The van der Waals surface area contributed by atoms with Gasteiger partial charge in [0.1, 0.15) is 5.54 Å². The molecule has 3 unspecified atom stereocenters. The monoisotopic (exact) mass is 268 g/mol. The van der Waals surface area contributed by atoms with Crippen molar-refractivity contribution in [2.24, 2.45) is 17.6 Å². The Morgan fingerprint density at radius 1 is 1.32 bits per heavy atom. The quantitative estimate of drug-likeness (QED) is 0.772. The van der Waals surface area contributed by atoms with E-state index < -0.39 is 5.54 Å². The Kier molecular flexibility index (Phi) is 4.51. The van der Waals surface area contributed by atoms with Crippen LogP contribution in [0, 0.1) is 11.8 Å². The summed E-state index contributed by atoms with van der Waals surface area (Å²) in [5.74, 6) is 0.806. The molecule has 0 bridgehead atoms. The highest BCUT2D eigenvalue weighted by atomic mass is 16.5. The maximum atomic E-state index is 12.2. The summed E-state index contributed by atoms with van der Waals surface area (Å²) in [5.41, 5.74) is 5.66. The van der Waals surface area contributed by atoms with Gasteiger partial charge in [0, 0.05) is 19.1 Å². The lowest BCUT2D eigenvalue weighted by atomic mass is 9.89. The highest BCUT2D eigenvalue weighted by Gasteiger charge is 2.50. The van der Waals surface area contributed by atoms with Crippen LogP contribution in [-0.4, -0.2) is 42.1 Å². The molecule has 1 saturated heterocycles. The fraction of sp³-hybridized carbons (Fsp3) is 0.933. The zero-order chi connectivity index (χ0) is 14.0. The lowest BCUT2D eigenvalue weighted by molar-refractivity contribution is -0.152. The number of hydrogen-bond acceptors (Lipinski definition) is 4. The molecule has 4 heteroatoms. The van der Waals surface area contributed by atoms with Crippen molar-refractivity contribution in [1.29, 1.82) is 0 Å². The minimum Gasteiger partial charge on any atom is -0.465 e. The molecule has 1 aliphatic heterocycles. The molecule has 0 amide bonds. The second-order valence-corrected chi connectivity index (χ2v) is 6.50. The summed E-state index contributed by atoms with van der Waals surface area (Å²) >= 11 is 0. The largest absolute Gasteiger partial charge is 0.465 e. The van der Waals surface area contributed by atoms with E-state index >= 15 is 0 Å². The second-order valence-electron chi connectivity index (χ2n) is 6.50. The highest BCUT2D eigenvalue weighted by Crippen LogP contribution is 2.40. The van der Waals surface area contributed by atoms with Crippen LogP contribution < -0.4 is 5.73 Å². The molecule has 0 aromatic carbocycles. The summed E-state index contributed by atoms with van der Waals surface area (Å²) in [6, 6.07) is 0.521. The molecule has 2 fully saturated rings. The van der Waals surface area contributed by atoms with Crippen molar-refractivity contribution in [2.75, 3.05) is 19.7 Å². The Hall–Kier alpha value is -0.610. The van der Waals surface area contributed by atoms with Crippen LogP contribution in [0.3, 0.4) is 0 Å². The van der Waals surface area contributed by atoms with E-state index in [0.29, 0.717) is 31.0 Å². The first-order valence-corrected chi connectivity index (χ1v) is 7.67. The Labute approximate surface area is 116 Å². The molecule has 19 heavy (non-hydrogen) atoms. The van der Waals surface area contributed by atoms with Crippen LogP contribution in [0.2, 0.25) is 0 Å². The van der Waals surface area contributed by atoms with Crippen LogP contribution in [0.15, 0.2) is 0 Å². The molecule has 0 aromatic rings. The number of esters is 1. The van der Waals surface area contributed by atoms with Gasteiger partial charge in [0.05, 0.1) is 6.61 Å². The molecular weight excluding hydrogens is 240 g/mol. The van der Waals surface area contributed by atoms with E-state index in [4.69, 9.17) is 10.5 Å². The molecule has 1 saturated carbocycles. The van der Waals surface area contributed by atoms with E-state index in [0.717, 1.165) is 19.4 Å². The van der Waals surface area contributed by atoms with Crippen LogP contribution in [0.4, 0.5) is 0 Å². The average molecular weight is 268 g/mol. The van der Waals surface area contributed by atoms with Gasteiger partial charge in [0.2, 0.25) is 0 Å². The van der Waals surface area contributed by atoms with Crippen LogP contribution in [0.1, 0.15) is 46.5 Å². The molecule has 0 spiro atoms. The molecule has 3 atom stereocenters. The van der Waals surface area contributed by atoms with Gasteiger partial charge in [0.15, 0.2) is 0 Å². The lowest BCUT2D eigenvalue weighted by Crippen LogP contribution is -2.61. The Balaban J connectivity index is 2.05. The minimum atomic E-state index is -0.790. The standard InChI is InChI=1S/C15H28N2O2/c1-4-19-14(18)15(16,13-7-8-13)10-17-9-11(2)5-6-12(17)3/h11-13H,4-10,16H2,1-3H3. The number of rotatable bonds is 5. The number of nitrogens with zero attached hydrogens (tertiary/aromatic N) is 1. The number of piperidine rings is 1. The van der Waals surface area contributed by atoms with E-state index in [-0.39, 0.29) is 5.97 Å². The third kappa shape index (κ3) is 3.29. The number of ether oxygens (including phenoxy) is 1. The molecule has 1 heterocycles. The number of carbonyl (C=O) groups is 1. The normalized spacial score (nSPS) is 31.8. The third-order valence-electron chi connectivity index (χ3n) is 4.67. The van der Waals surface area contributed by atoms with Gasteiger partial charge >= 0.3 is 5.97 Å². The molecular formula is C15H28N2O2. The van der Waals surface area contributed by atoms with Gasteiger partial charge in [-0.05, 0) is 51.4 Å². The van der Waals surface area contributed by atoms with Crippen LogP contribution in [0.5, 0.6) is 0 Å². The van der Waals surface area contributed by atoms with Crippen molar-refractivity contribution in [3.63, 3.8) is 0 Å². The number of hydrogen-bond donors (Lipinski definition) is 1. The van der Waals surface area contributed by atoms with Crippen molar-refractivity contribution in [3.05, 3.63) is 0 Å². The zero-order valence-electron chi connectivity index (χ0n) is 12.5. The molecule has 2 rings (SSSR count). The molecule has 110 valence electrons. The highest BCUT2D eigenvalue weighted by molar-refractivity contribution is 5.82. The third-order valence-corrected chi connectivity index (χ3v) is 4.67. The van der Waals surface area contributed by atoms with Crippen molar-refractivity contribution >= 4 is 5.97 Å². The van der Waals surface area contributed by atoms with Crippen molar-refractivity contribution in [3.8, 4) is 0 Å². The summed E-state index contributed by atoms with van der Waals surface area (Å²) in [7, 11) is 0. The fourth-order valence-corrected chi connectivity index (χ4v) is 3.16. The zero-order valence-corrected chi connectivity index (χ0v) is 12.5. The van der Waals surface area contributed by atoms with E-state index in [2.05, 4.69) is 18.7 Å². The number of nitrogens with two attached hydrogens (primary N) is 1. The Morgan fingerprint density at radius 3 is 2.58 bits per heavy atom. The van der Waals surface area contributed by atoms with Gasteiger partial charge in [-0.3, -0.25) is 4.90 Å². The van der Waals surface area contributed by atoms with E-state index in [1.165, 1.54) is 12.8 Å². The van der Waals surface area contributed by atoms with Crippen molar-refractivity contribution < 1.29 is 9.53 Å². The summed E-state index contributed by atoms with van der Waals surface area (Å²) in [6.07, 6.45) is 4.60. The SMILES string of the molecule is CCOC(=O)C(N)(CN1CC(C)CCC1C)C1CC1. The van der Waals surface area contributed by atoms with Gasteiger partial charge in [-0.15, -0.1) is 0 Å². The maximum Gasteiger partial charge on any atom is 0.327 e. The van der Waals surface area contributed by atoms with E-state index in [1.807, 2.05) is 6.92 Å². The first-order chi connectivity index (χ1) is 8.97. The minimum absolute atomic E-state index is 0.206. The molecule has 4 nitrogen and oxygen atoms in total. The predicted molar refractivity (Wildman–Crippen MR) is 75.7 cm³/mol. The van der Waals surface area contributed by atoms with Crippen LogP contribution in [-0.2, 0) is 9.53 Å². The fourth-order valence-electron chi connectivity index (χ4n) is 3.16. The topological polar surface area (TPSA) is 55.6 Å². The van der Waals surface area contributed by atoms with Gasteiger partial charge in [-0.2, -0.15) is 0 Å². The van der Waals surface area contributed by atoms with Gasteiger partial charge in [0.25, 0.3) is 0 Å². The molecule has 2 aliphatic rings. The van der Waals surface area contributed by atoms with Gasteiger partial charge < -0.3 is 10.5 Å². The smallest absolute Gasteiger partial charge is 0.327 e. The molecule has 1 aliphatic carbocycles. The molecule has 0 aromatic heterocycles. The Morgan fingerprint density at radius 2 is 2.00 bits per heavy atom.